The first-order chi connectivity index (χ1) is 10.2. The number of hydrogen-bond acceptors (Lipinski definition) is 4. The SMILES string of the molecule is COc1cccc(Cl)c1CNc1nc2ccc(F)cc2s1. The Hall–Kier alpha value is -1.85. The normalized spacial score (nSPS) is 10.8. The number of fused-ring (bicyclic) bond motifs is 1. The molecule has 1 heterocycles. The van der Waals surface area contributed by atoms with Crippen LogP contribution in [0.15, 0.2) is 36.4 Å². The van der Waals surface area contributed by atoms with Crippen LogP contribution in [0.2, 0.25) is 5.02 Å². The first-order valence-corrected chi connectivity index (χ1v) is 7.48. The fraction of sp³-hybridized carbons (Fsp3) is 0.133. The van der Waals surface area contributed by atoms with E-state index in [4.69, 9.17) is 16.3 Å². The van der Waals surface area contributed by atoms with Gasteiger partial charge in [0.15, 0.2) is 5.13 Å². The molecule has 0 radical (unpaired) electrons. The quantitative estimate of drug-likeness (QED) is 0.755. The Balaban J connectivity index is 1.83. The second kappa shape index (κ2) is 5.87. The Bertz CT molecular complexity index is 790. The van der Waals surface area contributed by atoms with Gasteiger partial charge in [0.2, 0.25) is 0 Å². The van der Waals surface area contributed by atoms with Crippen molar-refractivity contribution >= 4 is 38.3 Å². The number of halogens is 2. The monoisotopic (exact) mass is 322 g/mol. The molecule has 2 aromatic carbocycles. The molecule has 0 bridgehead atoms. The van der Waals surface area contributed by atoms with E-state index in [1.807, 2.05) is 18.2 Å². The summed E-state index contributed by atoms with van der Waals surface area (Å²) < 4.78 is 19.3. The molecular weight excluding hydrogens is 311 g/mol. The van der Waals surface area contributed by atoms with Crippen molar-refractivity contribution in [2.45, 2.75) is 6.54 Å². The first kappa shape index (κ1) is 14.1. The second-order valence-corrected chi connectivity index (χ2v) is 5.84. The molecule has 0 aliphatic rings. The van der Waals surface area contributed by atoms with Gasteiger partial charge < -0.3 is 10.1 Å². The highest BCUT2D eigenvalue weighted by molar-refractivity contribution is 7.22. The average molecular weight is 323 g/mol. The van der Waals surface area contributed by atoms with E-state index >= 15 is 0 Å². The molecule has 6 heteroatoms. The zero-order chi connectivity index (χ0) is 14.8. The topological polar surface area (TPSA) is 34.1 Å². The molecule has 108 valence electrons. The van der Waals surface area contributed by atoms with Gasteiger partial charge >= 0.3 is 0 Å². The van der Waals surface area contributed by atoms with E-state index in [1.54, 1.807) is 13.2 Å². The predicted molar refractivity (Wildman–Crippen MR) is 84.9 cm³/mol. The maximum absolute atomic E-state index is 13.2. The molecule has 1 N–H and O–H groups in total. The molecule has 0 fully saturated rings. The second-order valence-electron chi connectivity index (χ2n) is 4.41. The third-order valence-corrected chi connectivity index (χ3v) is 4.39. The average Bonchev–Trinajstić information content (AvgIpc) is 2.87. The Morgan fingerprint density at radius 1 is 1.33 bits per heavy atom. The number of ether oxygens (including phenoxy) is 1. The van der Waals surface area contributed by atoms with E-state index in [0.717, 1.165) is 26.7 Å². The van der Waals surface area contributed by atoms with Gasteiger partial charge in [-0.05, 0) is 30.3 Å². The summed E-state index contributed by atoms with van der Waals surface area (Å²) in [5, 5.41) is 4.56. The maximum atomic E-state index is 13.2. The largest absolute Gasteiger partial charge is 0.496 e. The number of methoxy groups -OCH3 is 1. The van der Waals surface area contributed by atoms with Crippen LogP contribution >= 0.6 is 22.9 Å². The Morgan fingerprint density at radius 3 is 3.00 bits per heavy atom. The van der Waals surface area contributed by atoms with Gasteiger partial charge in [0.25, 0.3) is 0 Å². The molecule has 0 aliphatic carbocycles. The number of nitrogens with zero attached hydrogens (tertiary/aromatic N) is 1. The third kappa shape index (κ3) is 2.94. The molecule has 0 saturated heterocycles. The van der Waals surface area contributed by atoms with Crippen LogP contribution in [0.4, 0.5) is 9.52 Å². The molecule has 3 nitrogen and oxygen atoms in total. The number of rotatable bonds is 4. The fourth-order valence-electron chi connectivity index (χ4n) is 2.04. The van der Waals surface area contributed by atoms with Gasteiger partial charge in [0.05, 0.1) is 17.3 Å². The zero-order valence-electron chi connectivity index (χ0n) is 11.2. The number of nitrogens with one attached hydrogen (secondary N) is 1. The highest BCUT2D eigenvalue weighted by Crippen LogP contribution is 2.30. The van der Waals surface area contributed by atoms with Crippen molar-refractivity contribution in [1.29, 1.82) is 0 Å². The summed E-state index contributed by atoms with van der Waals surface area (Å²) in [6, 6.07) is 10.1. The van der Waals surface area contributed by atoms with E-state index < -0.39 is 0 Å². The molecule has 0 aliphatic heterocycles. The van der Waals surface area contributed by atoms with Gasteiger partial charge in [-0.25, -0.2) is 9.37 Å². The lowest BCUT2D eigenvalue weighted by Crippen LogP contribution is -2.02. The molecule has 1 aromatic heterocycles. The third-order valence-electron chi connectivity index (χ3n) is 3.06. The Labute approximate surface area is 130 Å². The van der Waals surface area contributed by atoms with Gasteiger partial charge in [-0.3, -0.25) is 0 Å². The molecule has 3 aromatic rings. The summed E-state index contributed by atoms with van der Waals surface area (Å²) in [6.07, 6.45) is 0. The zero-order valence-corrected chi connectivity index (χ0v) is 12.8. The summed E-state index contributed by atoms with van der Waals surface area (Å²) >= 11 is 7.59. The minimum absolute atomic E-state index is 0.259. The molecule has 21 heavy (non-hydrogen) atoms. The molecule has 3 rings (SSSR count). The van der Waals surface area contributed by atoms with Crippen LogP contribution in [0, 0.1) is 5.82 Å². The van der Waals surface area contributed by atoms with E-state index in [2.05, 4.69) is 10.3 Å². The van der Waals surface area contributed by atoms with Gasteiger partial charge in [-0.2, -0.15) is 0 Å². The number of anilines is 1. The van der Waals surface area contributed by atoms with Crippen molar-refractivity contribution in [1.82, 2.24) is 4.98 Å². The van der Waals surface area contributed by atoms with E-state index in [9.17, 15) is 4.39 Å². The number of hydrogen-bond donors (Lipinski definition) is 1. The van der Waals surface area contributed by atoms with Gasteiger partial charge in [0, 0.05) is 17.1 Å². The van der Waals surface area contributed by atoms with Crippen molar-refractivity contribution in [2.75, 3.05) is 12.4 Å². The van der Waals surface area contributed by atoms with Gasteiger partial charge in [0.1, 0.15) is 11.6 Å². The molecule has 0 atom stereocenters. The van der Waals surface area contributed by atoms with Crippen LogP contribution in [0.5, 0.6) is 5.75 Å². The summed E-state index contributed by atoms with van der Waals surface area (Å²) in [4.78, 5) is 4.41. The van der Waals surface area contributed by atoms with Crippen molar-refractivity contribution in [3.05, 3.63) is 52.8 Å². The molecule has 0 amide bonds. The molecular formula is C15H12ClFN2OS. The van der Waals surface area contributed by atoms with Crippen LogP contribution in [0.1, 0.15) is 5.56 Å². The summed E-state index contributed by atoms with van der Waals surface area (Å²) in [5.74, 6) is 0.465. The summed E-state index contributed by atoms with van der Waals surface area (Å²) in [6.45, 7) is 0.491. The van der Waals surface area contributed by atoms with Crippen LogP contribution in [0.3, 0.4) is 0 Å². The van der Waals surface area contributed by atoms with E-state index in [1.165, 1.54) is 23.5 Å². The molecule has 0 saturated carbocycles. The summed E-state index contributed by atoms with van der Waals surface area (Å²) in [5.41, 5.74) is 1.64. The maximum Gasteiger partial charge on any atom is 0.184 e. The lowest BCUT2D eigenvalue weighted by atomic mass is 10.2. The van der Waals surface area contributed by atoms with E-state index in [0.29, 0.717) is 11.6 Å². The highest BCUT2D eigenvalue weighted by Gasteiger charge is 2.09. The van der Waals surface area contributed by atoms with Crippen molar-refractivity contribution in [2.24, 2.45) is 0 Å². The van der Waals surface area contributed by atoms with Crippen LogP contribution in [0.25, 0.3) is 10.2 Å². The standard InChI is InChI=1S/C15H12ClFN2OS/c1-20-13-4-2-3-11(16)10(13)8-18-15-19-12-6-5-9(17)7-14(12)21-15/h2-7H,8H2,1H3,(H,18,19). The van der Waals surface area contributed by atoms with Crippen molar-refractivity contribution in [3.63, 3.8) is 0 Å². The number of benzene rings is 2. The van der Waals surface area contributed by atoms with Gasteiger partial charge in [-0.1, -0.05) is 29.0 Å². The van der Waals surface area contributed by atoms with Crippen LogP contribution in [-0.4, -0.2) is 12.1 Å². The fourth-order valence-corrected chi connectivity index (χ4v) is 3.16. The first-order valence-electron chi connectivity index (χ1n) is 6.28. The predicted octanol–water partition coefficient (Wildman–Crippen LogP) is 4.71. The van der Waals surface area contributed by atoms with E-state index in [-0.39, 0.29) is 5.82 Å². The number of thiazole rings is 1. The Morgan fingerprint density at radius 2 is 2.19 bits per heavy atom. The minimum Gasteiger partial charge on any atom is -0.496 e. The lowest BCUT2D eigenvalue weighted by molar-refractivity contribution is 0.410. The number of aromatic nitrogens is 1. The smallest absolute Gasteiger partial charge is 0.184 e. The van der Waals surface area contributed by atoms with Crippen molar-refractivity contribution in [3.8, 4) is 5.75 Å². The van der Waals surface area contributed by atoms with Gasteiger partial charge in [-0.15, -0.1) is 0 Å². The van der Waals surface area contributed by atoms with Crippen LogP contribution in [-0.2, 0) is 6.54 Å². The lowest BCUT2D eigenvalue weighted by Gasteiger charge is -2.10. The van der Waals surface area contributed by atoms with Crippen molar-refractivity contribution < 1.29 is 9.13 Å². The summed E-state index contributed by atoms with van der Waals surface area (Å²) in [7, 11) is 1.61. The van der Waals surface area contributed by atoms with Crippen LogP contribution < -0.4 is 10.1 Å². The molecule has 0 unspecified atom stereocenters. The molecule has 0 spiro atoms. The minimum atomic E-state index is -0.259. The highest BCUT2D eigenvalue weighted by atomic mass is 35.5. The Kier molecular flexibility index (Phi) is 3.94.